The highest BCUT2D eigenvalue weighted by molar-refractivity contribution is 9.10. The molecule has 1 amide bonds. The average Bonchev–Trinajstić information content (AvgIpc) is 3.08. The van der Waals surface area contributed by atoms with Crippen molar-refractivity contribution < 1.29 is 13.2 Å². The molecular formula is C17H16BrClN2O3S. The third kappa shape index (κ3) is 4.16. The molecule has 2 aromatic carbocycles. The summed E-state index contributed by atoms with van der Waals surface area (Å²) in [5, 5.41) is 0.117. The largest absolute Gasteiger partial charge is 0.339 e. The summed E-state index contributed by atoms with van der Waals surface area (Å²) < 4.78 is 28.3. The van der Waals surface area contributed by atoms with Gasteiger partial charge < -0.3 is 4.90 Å². The molecule has 1 N–H and O–H groups in total. The van der Waals surface area contributed by atoms with Gasteiger partial charge in [0.2, 0.25) is 0 Å². The molecule has 0 saturated carbocycles. The molecule has 0 aliphatic carbocycles. The Balaban J connectivity index is 1.85. The maximum absolute atomic E-state index is 12.6. The Hall–Kier alpha value is -1.57. The van der Waals surface area contributed by atoms with Crippen molar-refractivity contribution >= 4 is 49.1 Å². The van der Waals surface area contributed by atoms with Gasteiger partial charge in [0.15, 0.2) is 0 Å². The van der Waals surface area contributed by atoms with Gasteiger partial charge in [0.25, 0.3) is 15.9 Å². The first kappa shape index (κ1) is 18.2. The van der Waals surface area contributed by atoms with Gasteiger partial charge in [0, 0.05) is 28.8 Å². The van der Waals surface area contributed by atoms with Crippen molar-refractivity contribution in [2.24, 2.45) is 0 Å². The number of hydrogen-bond donors (Lipinski definition) is 1. The van der Waals surface area contributed by atoms with Crippen LogP contribution < -0.4 is 4.72 Å². The number of benzene rings is 2. The molecule has 1 heterocycles. The van der Waals surface area contributed by atoms with E-state index in [1.165, 1.54) is 12.1 Å². The Kier molecular flexibility index (Phi) is 5.36. The first-order chi connectivity index (χ1) is 11.9. The van der Waals surface area contributed by atoms with Gasteiger partial charge >= 0.3 is 0 Å². The van der Waals surface area contributed by atoms with Crippen LogP contribution in [0.4, 0.5) is 5.69 Å². The van der Waals surface area contributed by atoms with E-state index in [1.807, 2.05) is 0 Å². The van der Waals surface area contributed by atoms with Gasteiger partial charge in [-0.15, -0.1) is 0 Å². The number of carbonyl (C=O) groups is 1. The van der Waals surface area contributed by atoms with E-state index in [1.54, 1.807) is 35.2 Å². The molecular weight excluding hydrogens is 428 g/mol. The highest BCUT2D eigenvalue weighted by atomic mass is 79.9. The summed E-state index contributed by atoms with van der Waals surface area (Å²) in [4.78, 5) is 14.2. The van der Waals surface area contributed by atoms with Crippen LogP contribution >= 0.6 is 27.5 Å². The molecule has 0 atom stereocenters. The summed E-state index contributed by atoms with van der Waals surface area (Å²) in [6, 6.07) is 11.0. The summed E-state index contributed by atoms with van der Waals surface area (Å²) in [5.41, 5.74) is 0.785. The molecule has 1 saturated heterocycles. The minimum absolute atomic E-state index is 0.0198. The number of nitrogens with one attached hydrogen (secondary N) is 1. The Labute approximate surface area is 160 Å². The van der Waals surface area contributed by atoms with Gasteiger partial charge in [-0.2, -0.15) is 0 Å². The topological polar surface area (TPSA) is 66.5 Å². The number of anilines is 1. The molecule has 0 unspecified atom stereocenters. The lowest BCUT2D eigenvalue weighted by atomic mass is 10.2. The number of rotatable bonds is 4. The molecule has 1 aliphatic rings. The molecule has 2 aromatic rings. The number of carbonyl (C=O) groups excluding carboxylic acids is 1. The van der Waals surface area contributed by atoms with Crippen LogP contribution in [-0.2, 0) is 10.0 Å². The highest BCUT2D eigenvalue weighted by Crippen LogP contribution is 2.27. The fourth-order valence-electron chi connectivity index (χ4n) is 2.72. The summed E-state index contributed by atoms with van der Waals surface area (Å²) in [7, 11) is -3.85. The fourth-order valence-corrected chi connectivity index (χ4v) is 4.81. The maximum Gasteiger partial charge on any atom is 0.263 e. The molecule has 1 fully saturated rings. The first-order valence-electron chi connectivity index (χ1n) is 7.74. The Morgan fingerprint density at radius 3 is 2.52 bits per heavy atom. The summed E-state index contributed by atoms with van der Waals surface area (Å²) >= 11 is 9.28. The zero-order valence-corrected chi connectivity index (χ0v) is 16.4. The lowest BCUT2D eigenvalue weighted by Crippen LogP contribution is -2.27. The van der Waals surface area contributed by atoms with Crippen LogP contribution in [0.2, 0.25) is 5.02 Å². The standard InChI is InChI=1S/C17H16BrClN2O3S/c18-13-6-7-16(15(19)11-13)25(23,24)20-14-5-3-4-12(10-14)17(22)21-8-1-2-9-21/h3-7,10-11,20H,1-2,8-9H2. The zero-order chi connectivity index (χ0) is 18.0. The van der Waals surface area contributed by atoms with E-state index in [4.69, 9.17) is 11.6 Å². The number of hydrogen-bond acceptors (Lipinski definition) is 3. The monoisotopic (exact) mass is 442 g/mol. The minimum Gasteiger partial charge on any atom is -0.339 e. The summed E-state index contributed by atoms with van der Waals surface area (Å²) in [6.07, 6.45) is 2.00. The zero-order valence-electron chi connectivity index (χ0n) is 13.2. The van der Waals surface area contributed by atoms with Crippen molar-refractivity contribution in [1.82, 2.24) is 4.90 Å². The second-order valence-corrected chi connectivity index (χ2v) is 8.73. The Bertz CT molecular complexity index is 912. The van der Waals surface area contributed by atoms with E-state index in [9.17, 15) is 13.2 Å². The summed E-state index contributed by atoms with van der Waals surface area (Å²) in [6.45, 7) is 1.48. The normalized spacial score (nSPS) is 14.6. The van der Waals surface area contributed by atoms with Crippen molar-refractivity contribution in [3.63, 3.8) is 0 Å². The van der Waals surface area contributed by atoms with E-state index < -0.39 is 10.0 Å². The SMILES string of the molecule is O=C(c1cccc(NS(=O)(=O)c2ccc(Br)cc2Cl)c1)N1CCCC1. The lowest BCUT2D eigenvalue weighted by Gasteiger charge is -2.16. The van der Waals surface area contributed by atoms with Crippen molar-refractivity contribution in [3.05, 3.63) is 57.5 Å². The summed E-state index contributed by atoms with van der Waals surface area (Å²) in [5.74, 6) is -0.0831. The molecule has 25 heavy (non-hydrogen) atoms. The van der Waals surface area contributed by atoms with Crippen LogP contribution in [0, 0.1) is 0 Å². The first-order valence-corrected chi connectivity index (χ1v) is 10.4. The fraction of sp³-hybridized carbons (Fsp3) is 0.235. The third-order valence-corrected chi connectivity index (χ3v) is 6.30. The van der Waals surface area contributed by atoms with Crippen molar-refractivity contribution in [2.45, 2.75) is 17.7 Å². The van der Waals surface area contributed by atoms with Crippen LogP contribution in [0.15, 0.2) is 51.8 Å². The molecule has 8 heteroatoms. The molecule has 0 bridgehead atoms. The van der Waals surface area contributed by atoms with Crippen LogP contribution in [0.1, 0.15) is 23.2 Å². The number of nitrogens with zero attached hydrogens (tertiary/aromatic N) is 1. The third-order valence-electron chi connectivity index (χ3n) is 3.94. The molecule has 0 radical (unpaired) electrons. The lowest BCUT2D eigenvalue weighted by molar-refractivity contribution is 0.0793. The Morgan fingerprint density at radius 1 is 1.12 bits per heavy atom. The molecule has 5 nitrogen and oxygen atoms in total. The maximum atomic E-state index is 12.6. The smallest absolute Gasteiger partial charge is 0.263 e. The van der Waals surface area contributed by atoms with E-state index in [2.05, 4.69) is 20.7 Å². The van der Waals surface area contributed by atoms with Gasteiger partial charge in [-0.25, -0.2) is 8.42 Å². The van der Waals surface area contributed by atoms with Gasteiger partial charge in [-0.3, -0.25) is 9.52 Å². The van der Waals surface area contributed by atoms with Crippen LogP contribution in [0.5, 0.6) is 0 Å². The van der Waals surface area contributed by atoms with E-state index >= 15 is 0 Å². The highest BCUT2D eigenvalue weighted by Gasteiger charge is 2.21. The van der Waals surface area contributed by atoms with E-state index in [-0.39, 0.29) is 15.8 Å². The van der Waals surface area contributed by atoms with Gasteiger partial charge in [-0.1, -0.05) is 33.6 Å². The molecule has 1 aliphatic heterocycles. The van der Waals surface area contributed by atoms with Gasteiger partial charge in [-0.05, 0) is 49.2 Å². The quantitative estimate of drug-likeness (QED) is 0.772. The van der Waals surface area contributed by atoms with Crippen LogP contribution in [0.3, 0.4) is 0 Å². The molecule has 132 valence electrons. The minimum atomic E-state index is -3.85. The molecule has 0 spiro atoms. The molecule has 0 aromatic heterocycles. The number of likely N-dealkylation sites (tertiary alicyclic amines) is 1. The second kappa shape index (κ2) is 7.35. The van der Waals surface area contributed by atoms with E-state index in [0.29, 0.717) is 15.7 Å². The van der Waals surface area contributed by atoms with Crippen LogP contribution in [-0.4, -0.2) is 32.3 Å². The van der Waals surface area contributed by atoms with Crippen molar-refractivity contribution in [2.75, 3.05) is 17.8 Å². The van der Waals surface area contributed by atoms with Gasteiger partial charge in [0.1, 0.15) is 4.90 Å². The Morgan fingerprint density at radius 2 is 1.84 bits per heavy atom. The molecule has 3 rings (SSSR count). The van der Waals surface area contributed by atoms with Crippen LogP contribution in [0.25, 0.3) is 0 Å². The van der Waals surface area contributed by atoms with Crippen molar-refractivity contribution in [3.8, 4) is 0 Å². The number of amides is 1. The number of sulfonamides is 1. The predicted octanol–water partition coefficient (Wildman–Crippen LogP) is 4.14. The average molecular weight is 444 g/mol. The second-order valence-electron chi connectivity index (χ2n) is 5.76. The number of halogens is 2. The van der Waals surface area contributed by atoms with Crippen molar-refractivity contribution in [1.29, 1.82) is 0 Å². The predicted molar refractivity (Wildman–Crippen MR) is 102 cm³/mol. The van der Waals surface area contributed by atoms with Gasteiger partial charge in [0.05, 0.1) is 5.02 Å². The van der Waals surface area contributed by atoms with E-state index in [0.717, 1.165) is 25.9 Å².